The molecule has 104 valence electrons. The van der Waals surface area contributed by atoms with E-state index in [0.29, 0.717) is 6.42 Å². The van der Waals surface area contributed by atoms with Crippen molar-refractivity contribution < 1.29 is 14.8 Å². The highest BCUT2D eigenvalue weighted by atomic mass is 16.6. The van der Waals surface area contributed by atoms with Gasteiger partial charge in [0, 0.05) is 30.8 Å². The zero-order chi connectivity index (χ0) is 14.3. The van der Waals surface area contributed by atoms with Crippen LogP contribution in [0.3, 0.4) is 0 Å². The lowest BCUT2D eigenvalue weighted by molar-refractivity contribution is -0.384. The molecule has 0 radical (unpaired) electrons. The van der Waals surface area contributed by atoms with Crippen LogP contribution in [0.15, 0.2) is 18.2 Å². The van der Waals surface area contributed by atoms with Gasteiger partial charge in [-0.2, -0.15) is 0 Å². The van der Waals surface area contributed by atoms with Crippen molar-refractivity contribution in [2.45, 2.75) is 32.6 Å². The van der Waals surface area contributed by atoms with Crippen molar-refractivity contribution in [2.75, 3.05) is 11.9 Å². The molecular weight excluding hydrogens is 248 g/mol. The third-order valence-electron chi connectivity index (χ3n) is 2.80. The molecular formula is C13H18N2O4. The summed E-state index contributed by atoms with van der Waals surface area (Å²) >= 11 is 0. The van der Waals surface area contributed by atoms with Crippen molar-refractivity contribution in [3.8, 4) is 0 Å². The van der Waals surface area contributed by atoms with Gasteiger partial charge in [-0.1, -0.05) is 6.42 Å². The Morgan fingerprint density at radius 1 is 1.37 bits per heavy atom. The van der Waals surface area contributed by atoms with Gasteiger partial charge in [-0.05, 0) is 31.4 Å². The van der Waals surface area contributed by atoms with Crippen molar-refractivity contribution in [3.63, 3.8) is 0 Å². The molecule has 0 aliphatic rings. The van der Waals surface area contributed by atoms with Crippen LogP contribution in [0.4, 0.5) is 11.4 Å². The fraction of sp³-hybridized carbons (Fsp3) is 0.462. The predicted octanol–water partition coefficient (Wildman–Crippen LogP) is 2.96. The molecule has 6 heteroatoms. The lowest BCUT2D eigenvalue weighted by Crippen LogP contribution is -2.04. The Morgan fingerprint density at radius 2 is 2.11 bits per heavy atom. The number of carboxylic acid groups (broad SMARTS) is 1. The summed E-state index contributed by atoms with van der Waals surface area (Å²) in [5, 5.41) is 22.3. The molecule has 0 spiro atoms. The molecule has 0 heterocycles. The number of nitrogens with zero attached hydrogens (tertiary/aromatic N) is 1. The highest BCUT2D eigenvalue weighted by Gasteiger charge is 2.07. The molecule has 1 aromatic rings. The number of rotatable bonds is 8. The Morgan fingerprint density at radius 3 is 2.68 bits per heavy atom. The minimum Gasteiger partial charge on any atom is -0.481 e. The summed E-state index contributed by atoms with van der Waals surface area (Å²) in [6, 6.07) is 4.71. The number of nitrogens with one attached hydrogen (secondary N) is 1. The normalized spacial score (nSPS) is 10.2. The number of anilines is 1. The van der Waals surface area contributed by atoms with Crippen molar-refractivity contribution >= 4 is 17.3 Å². The summed E-state index contributed by atoms with van der Waals surface area (Å²) in [4.78, 5) is 20.5. The fourth-order valence-electron chi connectivity index (χ4n) is 1.76. The number of nitro groups is 1. The van der Waals surface area contributed by atoms with Gasteiger partial charge in [0.05, 0.1) is 4.92 Å². The standard InChI is InChI=1S/C13H18N2O4/c1-10-9-11(15(18)19)6-7-12(10)14-8-4-2-3-5-13(16)17/h6-7,9,14H,2-5,8H2,1H3,(H,16,17). The van der Waals surface area contributed by atoms with E-state index in [-0.39, 0.29) is 12.1 Å². The van der Waals surface area contributed by atoms with Gasteiger partial charge in [-0.25, -0.2) is 0 Å². The highest BCUT2D eigenvalue weighted by molar-refractivity contribution is 5.66. The molecule has 0 atom stereocenters. The molecule has 0 fully saturated rings. The number of carbonyl (C=O) groups is 1. The Labute approximate surface area is 111 Å². The van der Waals surface area contributed by atoms with Gasteiger partial charge in [-0.15, -0.1) is 0 Å². The van der Waals surface area contributed by atoms with E-state index in [9.17, 15) is 14.9 Å². The lowest BCUT2D eigenvalue weighted by Gasteiger charge is -2.08. The van der Waals surface area contributed by atoms with E-state index in [2.05, 4.69) is 5.32 Å². The third kappa shape index (κ3) is 5.37. The number of carboxylic acids is 1. The Hall–Kier alpha value is -2.11. The predicted molar refractivity (Wildman–Crippen MR) is 72.4 cm³/mol. The van der Waals surface area contributed by atoms with Crippen LogP contribution in [0.2, 0.25) is 0 Å². The van der Waals surface area contributed by atoms with Crippen LogP contribution < -0.4 is 5.32 Å². The summed E-state index contributed by atoms with van der Waals surface area (Å²) in [7, 11) is 0. The first kappa shape index (κ1) is 14.9. The summed E-state index contributed by atoms with van der Waals surface area (Å²) in [6.45, 7) is 2.55. The van der Waals surface area contributed by atoms with Gasteiger partial charge >= 0.3 is 5.97 Å². The van der Waals surface area contributed by atoms with Gasteiger partial charge in [0.1, 0.15) is 0 Å². The molecule has 0 aliphatic carbocycles. The number of nitro benzene ring substituents is 1. The number of hydrogen-bond acceptors (Lipinski definition) is 4. The topological polar surface area (TPSA) is 92.5 Å². The number of benzene rings is 1. The van der Waals surface area contributed by atoms with Crippen LogP contribution in [0.25, 0.3) is 0 Å². The lowest BCUT2D eigenvalue weighted by atomic mass is 10.1. The van der Waals surface area contributed by atoms with Crippen LogP contribution >= 0.6 is 0 Å². The molecule has 0 amide bonds. The number of hydrogen-bond donors (Lipinski definition) is 2. The number of unbranched alkanes of at least 4 members (excludes halogenated alkanes) is 2. The highest BCUT2D eigenvalue weighted by Crippen LogP contribution is 2.21. The first-order valence-corrected chi connectivity index (χ1v) is 6.21. The Kier molecular flexibility index (Phi) is 5.78. The molecule has 6 nitrogen and oxygen atoms in total. The Bertz CT molecular complexity index is 460. The van der Waals surface area contributed by atoms with E-state index in [4.69, 9.17) is 5.11 Å². The van der Waals surface area contributed by atoms with E-state index in [1.807, 2.05) is 6.92 Å². The van der Waals surface area contributed by atoms with Crippen molar-refractivity contribution in [1.29, 1.82) is 0 Å². The molecule has 19 heavy (non-hydrogen) atoms. The first-order chi connectivity index (χ1) is 9.00. The van der Waals surface area contributed by atoms with Crippen molar-refractivity contribution in [3.05, 3.63) is 33.9 Å². The second-order valence-corrected chi connectivity index (χ2v) is 4.39. The minimum absolute atomic E-state index is 0.0875. The zero-order valence-electron chi connectivity index (χ0n) is 10.9. The molecule has 0 aliphatic heterocycles. The molecule has 0 aromatic heterocycles. The smallest absolute Gasteiger partial charge is 0.303 e. The van der Waals surface area contributed by atoms with E-state index >= 15 is 0 Å². The molecule has 1 aromatic carbocycles. The zero-order valence-corrected chi connectivity index (χ0v) is 10.9. The van der Waals surface area contributed by atoms with Crippen molar-refractivity contribution in [2.24, 2.45) is 0 Å². The van der Waals surface area contributed by atoms with E-state index < -0.39 is 10.9 Å². The number of aliphatic carboxylic acids is 1. The van der Waals surface area contributed by atoms with E-state index in [0.717, 1.165) is 30.6 Å². The van der Waals surface area contributed by atoms with Crippen LogP contribution in [0.5, 0.6) is 0 Å². The van der Waals surface area contributed by atoms with Crippen LogP contribution in [0.1, 0.15) is 31.2 Å². The molecule has 2 N–H and O–H groups in total. The summed E-state index contributed by atoms with van der Waals surface area (Å²) < 4.78 is 0. The third-order valence-corrected chi connectivity index (χ3v) is 2.80. The first-order valence-electron chi connectivity index (χ1n) is 6.21. The largest absolute Gasteiger partial charge is 0.481 e. The molecule has 0 saturated heterocycles. The van der Waals surface area contributed by atoms with Crippen LogP contribution in [-0.2, 0) is 4.79 Å². The number of aryl methyl sites for hydroxylation is 1. The van der Waals surface area contributed by atoms with Gasteiger partial charge in [0.2, 0.25) is 0 Å². The van der Waals surface area contributed by atoms with Crippen LogP contribution in [-0.4, -0.2) is 22.5 Å². The molecule has 0 saturated carbocycles. The van der Waals surface area contributed by atoms with Gasteiger partial charge in [-0.3, -0.25) is 14.9 Å². The summed E-state index contributed by atoms with van der Waals surface area (Å²) in [5.74, 6) is -0.765. The number of non-ortho nitro benzene ring substituents is 1. The molecule has 0 unspecified atom stereocenters. The van der Waals surface area contributed by atoms with E-state index in [1.54, 1.807) is 6.07 Å². The average Bonchev–Trinajstić information content (AvgIpc) is 2.34. The van der Waals surface area contributed by atoms with Gasteiger partial charge in [0.15, 0.2) is 0 Å². The monoisotopic (exact) mass is 266 g/mol. The minimum atomic E-state index is -0.765. The molecule has 1 rings (SSSR count). The van der Waals surface area contributed by atoms with Gasteiger partial charge < -0.3 is 10.4 Å². The maximum Gasteiger partial charge on any atom is 0.303 e. The average molecular weight is 266 g/mol. The SMILES string of the molecule is Cc1cc([N+](=O)[O-])ccc1NCCCCCC(=O)O. The van der Waals surface area contributed by atoms with Crippen molar-refractivity contribution in [1.82, 2.24) is 0 Å². The quantitative estimate of drug-likeness (QED) is 0.428. The fourth-order valence-corrected chi connectivity index (χ4v) is 1.76. The summed E-state index contributed by atoms with van der Waals surface area (Å²) in [5.41, 5.74) is 1.80. The second-order valence-electron chi connectivity index (χ2n) is 4.39. The Balaban J connectivity index is 2.33. The van der Waals surface area contributed by atoms with E-state index in [1.165, 1.54) is 12.1 Å². The van der Waals surface area contributed by atoms with Crippen LogP contribution in [0, 0.1) is 17.0 Å². The second kappa shape index (κ2) is 7.35. The summed E-state index contributed by atoms with van der Waals surface area (Å²) in [6.07, 6.45) is 2.61. The maximum absolute atomic E-state index is 10.6. The molecule has 0 bridgehead atoms. The maximum atomic E-state index is 10.6. The van der Waals surface area contributed by atoms with Gasteiger partial charge in [0.25, 0.3) is 5.69 Å².